The van der Waals surface area contributed by atoms with Crippen molar-refractivity contribution in [2.45, 2.75) is 19.6 Å². The third-order valence-corrected chi connectivity index (χ3v) is 3.39. The molecule has 0 saturated carbocycles. The van der Waals surface area contributed by atoms with Crippen LogP contribution in [0.2, 0.25) is 0 Å². The Labute approximate surface area is 159 Å². The predicted molar refractivity (Wildman–Crippen MR) is 102 cm³/mol. The lowest BCUT2D eigenvalue weighted by atomic mass is 10.1. The quantitative estimate of drug-likeness (QED) is 0.762. The minimum Gasteiger partial charge on any atom is -0.493 e. The van der Waals surface area contributed by atoms with Crippen LogP contribution in [0.4, 0.5) is 0 Å². The number of nitrogens with zero attached hydrogens (tertiary/aromatic N) is 1. The van der Waals surface area contributed by atoms with Gasteiger partial charge in [-0.25, -0.2) is 0 Å². The molecule has 0 aliphatic rings. The fraction of sp³-hybridized carbons (Fsp3) is 0.294. The van der Waals surface area contributed by atoms with Gasteiger partial charge >= 0.3 is 0 Å². The van der Waals surface area contributed by atoms with Crippen LogP contribution in [0.5, 0.6) is 11.5 Å². The highest BCUT2D eigenvalue weighted by Gasteiger charge is 2.12. The molecule has 0 fully saturated rings. The van der Waals surface area contributed by atoms with E-state index < -0.39 is 0 Å². The largest absolute Gasteiger partial charge is 0.493 e. The molecular formula is C17H23Cl2N3O3. The second kappa shape index (κ2) is 11.5. The molecule has 3 N–H and O–H groups in total. The summed E-state index contributed by atoms with van der Waals surface area (Å²) in [5, 5.41) is 2.81. The molecule has 0 spiro atoms. The number of rotatable bonds is 7. The molecule has 0 aliphatic carbocycles. The first-order valence-corrected chi connectivity index (χ1v) is 7.33. The molecule has 1 aromatic carbocycles. The Morgan fingerprint density at radius 3 is 2.48 bits per heavy atom. The van der Waals surface area contributed by atoms with Crippen molar-refractivity contribution in [1.29, 1.82) is 0 Å². The number of halogens is 2. The Bertz CT molecular complexity index is 657. The smallest absolute Gasteiger partial charge is 0.234 e. The van der Waals surface area contributed by atoms with E-state index in [1.807, 2.05) is 37.3 Å². The van der Waals surface area contributed by atoms with Crippen molar-refractivity contribution >= 4 is 30.7 Å². The lowest BCUT2D eigenvalue weighted by Crippen LogP contribution is -2.32. The lowest BCUT2D eigenvalue weighted by molar-refractivity contribution is -0.120. The zero-order valence-corrected chi connectivity index (χ0v) is 15.7. The Kier molecular flexibility index (Phi) is 10.6. The summed E-state index contributed by atoms with van der Waals surface area (Å²) in [5.74, 6) is 1.06. The lowest BCUT2D eigenvalue weighted by Gasteiger charge is -2.17. The van der Waals surface area contributed by atoms with Gasteiger partial charge in [0.15, 0.2) is 11.5 Å². The zero-order valence-electron chi connectivity index (χ0n) is 14.1. The third-order valence-electron chi connectivity index (χ3n) is 3.39. The molecule has 2 rings (SSSR count). The Morgan fingerprint density at radius 1 is 1.20 bits per heavy atom. The predicted octanol–water partition coefficient (Wildman–Crippen LogP) is 2.65. The number of benzene rings is 1. The van der Waals surface area contributed by atoms with Crippen LogP contribution in [0.15, 0.2) is 42.7 Å². The van der Waals surface area contributed by atoms with E-state index in [4.69, 9.17) is 15.2 Å². The van der Waals surface area contributed by atoms with Crippen molar-refractivity contribution in [1.82, 2.24) is 10.3 Å². The van der Waals surface area contributed by atoms with Crippen molar-refractivity contribution in [3.05, 3.63) is 53.9 Å². The second-order valence-electron chi connectivity index (χ2n) is 5.05. The number of carbonyl (C=O) groups excluding carboxylic acids is 1. The number of ether oxygens (including phenoxy) is 2. The van der Waals surface area contributed by atoms with Crippen LogP contribution in [0.3, 0.4) is 0 Å². The first-order chi connectivity index (χ1) is 11.1. The van der Waals surface area contributed by atoms with E-state index in [-0.39, 0.29) is 43.3 Å². The number of pyridine rings is 1. The van der Waals surface area contributed by atoms with Gasteiger partial charge in [0, 0.05) is 12.4 Å². The third kappa shape index (κ3) is 6.78. The number of amides is 1. The molecule has 1 amide bonds. The van der Waals surface area contributed by atoms with Crippen molar-refractivity contribution in [2.75, 3.05) is 13.7 Å². The summed E-state index contributed by atoms with van der Waals surface area (Å²) in [7, 11) is 1.58. The molecule has 8 heteroatoms. The molecule has 2 aromatic rings. The fourth-order valence-electron chi connectivity index (χ4n) is 2.10. The molecule has 1 unspecified atom stereocenters. The van der Waals surface area contributed by atoms with Crippen LogP contribution >= 0.6 is 24.8 Å². The van der Waals surface area contributed by atoms with E-state index in [9.17, 15) is 4.79 Å². The average molecular weight is 388 g/mol. The van der Waals surface area contributed by atoms with Crippen LogP contribution in [-0.4, -0.2) is 24.5 Å². The van der Waals surface area contributed by atoms with Crippen molar-refractivity contribution < 1.29 is 14.3 Å². The van der Waals surface area contributed by atoms with Gasteiger partial charge < -0.3 is 20.5 Å². The summed E-state index contributed by atoms with van der Waals surface area (Å²) >= 11 is 0. The summed E-state index contributed by atoms with van der Waals surface area (Å²) < 4.78 is 11.2. The van der Waals surface area contributed by atoms with Gasteiger partial charge in [0.05, 0.1) is 19.7 Å². The molecule has 0 bridgehead atoms. The SMILES string of the molecule is COc1cc(C(C)NC(=O)CN)ccc1OCc1ccncc1.Cl.Cl. The van der Waals surface area contributed by atoms with Crippen LogP contribution in [-0.2, 0) is 11.4 Å². The monoisotopic (exact) mass is 387 g/mol. The van der Waals surface area contributed by atoms with Gasteiger partial charge in [-0.2, -0.15) is 0 Å². The maximum Gasteiger partial charge on any atom is 0.234 e. The van der Waals surface area contributed by atoms with E-state index in [0.29, 0.717) is 18.1 Å². The summed E-state index contributed by atoms with van der Waals surface area (Å²) in [4.78, 5) is 15.4. The van der Waals surface area contributed by atoms with Gasteiger partial charge in [0.1, 0.15) is 6.61 Å². The maximum atomic E-state index is 11.4. The number of nitrogens with two attached hydrogens (primary N) is 1. The number of methoxy groups -OCH3 is 1. The molecule has 1 aromatic heterocycles. The van der Waals surface area contributed by atoms with E-state index in [2.05, 4.69) is 10.3 Å². The number of hydrogen-bond donors (Lipinski definition) is 2. The molecule has 0 radical (unpaired) electrons. The van der Waals surface area contributed by atoms with E-state index in [0.717, 1.165) is 11.1 Å². The summed E-state index contributed by atoms with van der Waals surface area (Å²) in [6.07, 6.45) is 3.45. The average Bonchev–Trinajstić information content (AvgIpc) is 2.60. The van der Waals surface area contributed by atoms with Gasteiger partial charge in [-0.15, -0.1) is 24.8 Å². The summed E-state index contributed by atoms with van der Waals surface area (Å²) in [6, 6.07) is 9.21. The molecule has 1 heterocycles. The summed E-state index contributed by atoms with van der Waals surface area (Å²) in [5.41, 5.74) is 7.25. The maximum absolute atomic E-state index is 11.4. The van der Waals surface area contributed by atoms with Crippen LogP contribution in [0, 0.1) is 0 Å². The first-order valence-electron chi connectivity index (χ1n) is 7.33. The van der Waals surface area contributed by atoms with E-state index in [1.165, 1.54) is 0 Å². The van der Waals surface area contributed by atoms with Gasteiger partial charge in [-0.3, -0.25) is 9.78 Å². The van der Waals surface area contributed by atoms with Crippen molar-refractivity contribution in [2.24, 2.45) is 5.73 Å². The van der Waals surface area contributed by atoms with Crippen LogP contribution in [0.25, 0.3) is 0 Å². The number of carbonyl (C=O) groups is 1. The minimum atomic E-state index is -0.200. The van der Waals surface area contributed by atoms with Crippen LogP contribution < -0.4 is 20.5 Å². The molecule has 6 nitrogen and oxygen atoms in total. The number of aromatic nitrogens is 1. The second-order valence-corrected chi connectivity index (χ2v) is 5.05. The Morgan fingerprint density at radius 2 is 1.88 bits per heavy atom. The standard InChI is InChI=1S/C17H21N3O3.2ClH/c1-12(20-17(21)10-18)14-3-4-15(16(9-14)22-2)23-11-13-5-7-19-8-6-13;;/h3-9,12H,10-11,18H2,1-2H3,(H,20,21);2*1H. The highest BCUT2D eigenvalue weighted by molar-refractivity contribution is 5.85. The fourth-order valence-corrected chi connectivity index (χ4v) is 2.10. The Balaban J connectivity index is 0.00000288. The normalized spacial score (nSPS) is 10.7. The summed E-state index contributed by atoms with van der Waals surface area (Å²) in [6.45, 7) is 2.28. The van der Waals surface area contributed by atoms with Gasteiger partial charge in [0.2, 0.25) is 5.91 Å². The topological polar surface area (TPSA) is 86.5 Å². The van der Waals surface area contributed by atoms with Crippen molar-refractivity contribution in [3.8, 4) is 11.5 Å². The van der Waals surface area contributed by atoms with Gasteiger partial charge in [-0.05, 0) is 42.3 Å². The molecule has 138 valence electrons. The first kappa shape index (κ1) is 23.0. The van der Waals surface area contributed by atoms with Crippen LogP contribution in [0.1, 0.15) is 24.1 Å². The van der Waals surface area contributed by atoms with Gasteiger partial charge in [0.25, 0.3) is 0 Å². The zero-order chi connectivity index (χ0) is 16.7. The molecular weight excluding hydrogens is 365 g/mol. The van der Waals surface area contributed by atoms with Crippen molar-refractivity contribution in [3.63, 3.8) is 0 Å². The molecule has 25 heavy (non-hydrogen) atoms. The minimum absolute atomic E-state index is 0. The van der Waals surface area contributed by atoms with E-state index in [1.54, 1.807) is 19.5 Å². The Hall–Kier alpha value is -2.02. The number of nitrogens with one attached hydrogen (secondary N) is 1. The van der Waals surface area contributed by atoms with Gasteiger partial charge in [-0.1, -0.05) is 6.07 Å². The van der Waals surface area contributed by atoms with E-state index >= 15 is 0 Å². The highest BCUT2D eigenvalue weighted by atomic mass is 35.5. The molecule has 1 atom stereocenters. The molecule has 0 aliphatic heterocycles. The number of hydrogen-bond acceptors (Lipinski definition) is 5. The highest BCUT2D eigenvalue weighted by Crippen LogP contribution is 2.30. The molecule has 0 saturated heterocycles.